The van der Waals surface area contributed by atoms with E-state index in [1.54, 1.807) is 29.9 Å². The lowest BCUT2D eigenvalue weighted by Crippen LogP contribution is -1.92. The summed E-state index contributed by atoms with van der Waals surface area (Å²) >= 11 is 1.65. The van der Waals surface area contributed by atoms with Crippen molar-refractivity contribution in [3.05, 3.63) is 41.7 Å². The lowest BCUT2D eigenvalue weighted by molar-refractivity contribution is 0.281. The molecule has 0 saturated heterocycles. The van der Waals surface area contributed by atoms with Gasteiger partial charge in [-0.05, 0) is 17.5 Å². The van der Waals surface area contributed by atoms with Crippen molar-refractivity contribution in [3.63, 3.8) is 0 Å². The van der Waals surface area contributed by atoms with Gasteiger partial charge in [0.25, 0.3) is 0 Å². The Hall–Kier alpha value is -1.85. The summed E-state index contributed by atoms with van der Waals surface area (Å²) in [6, 6.07) is 4.01. The first-order valence-electron chi connectivity index (χ1n) is 5.12. The molecule has 0 aliphatic carbocycles. The summed E-state index contributed by atoms with van der Waals surface area (Å²) in [5.74, 6) is 0.630. The first-order chi connectivity index (χ1) is 8.36. The molecule has 0 bridgehead atoms. The molecule has 0 amide bonds. The second-order valence-corrected chi connectivity index (χ2v) is 4.55. The number of thiophene rings is 1. The smallest absolute Gasteiger partial charge is 0.160 e. The van der Waals surface area contributed by atoms with Crippen LogP contribution in [0.1, 0.15) is 5.56 Å². The van der Waals surface area contributed by atoms with Crippen LogP contribution in [-0.4, -0.2) is 20.1 Å². The normalized spacial score (nSPS) is 10.9. The molecule has 17 heavy (non-hydrogen) atoms. The Bertz CT molecular complexity index is 648. The molecule has 3 aromatic rings. The molecule has 3 aromatic heterocycles. The number of pyridine rings is 1. The molecular weight excluding hydrogens is 234 g/mol. The molecule has 0 spiro atoms. The molecule has 5 heteroatoms. The van der Waals surface area contributed by atoms with Gasteiger partial charge in [0.1, 0.15) is 0 Å². The topological polar surface area (TPSA) is 58.9 Å². The Morgan fingerprint density at radius 1 is 1.12 bits per heavy atom. The SMILES string of the molecule is OCc1cnc(-c2cnc3ccsc3c2)nc1. The maximum Gasteiger partial charge on any atom is 0.160 e. The van der Waals surface area contributed by atoms with Gasteiger partial charge in [-0.1, -0.05) is 0 Å². The van der Waals surface area contributed by atoms with Gasteiger partial charge in [0, 0.05) is 29.7 Å². The maximum atomic E-state index is 8.92. The molecule has 0 aliphatic heterocycles. The summed E-state index contributed by atoms with van der Waals surface area (Å²) in [7, 11) is 0. The van der Waals surface area contributed by atoms with E-state index in [4.69, 9.17) is 5.11 Å². The minimum absolute atomic E-state index is 0.0392. The minimum Gasteiger partial charge on any atom is -0.392 e. The van der Waals surface area contributed by atoms with Crippen LogP contribution in [0.15, 0.2) is 36.1 Å². The highest BCUT2D eigenvalue weighted by atomic mass is 32.1. The Balaban J connectivity index is 2.06. The highest BCUT2D eigenvalue weighted by Gasteiger charge is 2.04. The van der Waals surface area contributed by atoms with Crippen LogP contribution in [0, 0.1) is 0 Å². The second-order valence-electron chi connectivity index (χ2n) is 3.60. The molecule has 0 unspecified atom stereocenters. The van der Waals surface area contributed by atoms with Gasteiger partial charge in [-0.25, -0.2) is 9.97 Å². The van der Waals surface area contributed by atoms with E-state index in [2.05, 4.69) is 15.0 Å². The first kappa shape index (κ1) is 10.3. The third-order valence-corrected chi connectivity index (χ3v) is 3.30. The van der Waals surface area contributed by atoms with E-state index in [1.165, 1.54) is 0 Å². The van der Waals surface area contributed by atoms with Crippen molar-refractivity contribution in [1.29, 1.82) is 0 Å². The van der Waals surface area contributed by atoms with Crippen LogP contribution in [-0.2, 0) is 6.61 Å². The summed E-state index contributed by atoms with van der Waals surface area (Å²) in [5.41, 5.74) is 2.59. The van der Waals surface area contributed by atoms with Crippen LogP contribution in [0.2, 0.25) is 0 Å². The average molecular weight is 243 g/mol. The summed E-state index contributed by atoms with van der Waals surface area (Å²) in [6.45, 7) is -0.0392. The standard InChI is InChI=1S/C12H9N3OS/c16-7-8-4-14-12(15-5-8)9-3-11-10(13-6-9)1-2-17-11/h1-6,16H,7H2. The number of hydrogen-bond donors (Lipinski definition) is 1. The van der Waals surface area contributed by atoms with E-state index < -0.39 is 0 Å². The zero-order chi connectivity index (χ0) is 11.7. The summed E-state index contributed by atoms with van der Waals surface area (Å²) in [4.78, 5) is 12.8. The summed E-state index contributed by atoms with van der Waals surface area (Å²) in [5, 5.41) is 10.9. The second kappa shape index (κ2) is 4.20. The molecule has 0 radical (unpaired) electrons. The largest absolute Gasteiger partial charge is 0.392 e. The molecule has 0 saturated carbocycles. The molecular formula is C12H9N3OS. The zero-order valence-corrected chi connectivity index (χ0v) is 9.68. The van der Waals surface area contributed by atoms with Crippen molar-refractivity contribution in [2.75, 3.05) is 0 Å². The van der Waals surface area contributed by atoms with E-state index in [9.17, 15) is 0 Å². The molecule has 0 aliphatic rings. The predicted molar refractivity (Wildman–Crippen MR) is 66.6 cm³/mol. The van der Waals surface area contributed by atoms with Crippen molar-refractivity contribution in [3.8, 4) is 11.4 Å². The molecule has 84 valence electrons. The van der Waals surface area contributed by atoms with Gasteiger partial charge in [-0.3, -0.25) is 4.98 Å². The first-order valence-corrected chi connectivity index (χ1v) is 6.00. The molecule has 0 aromatic carbocycles. The highest BCUT2D eigenvalue weighted by molar-refractivity contribution is 7.17. The van der Waals surface area contributed by atoms with E-state index in [0.29, 0.717) is 11.4 Å². The lowest BCUT2D eigenvalue weighted by atomic mass is 10.2. The molecule has 1 N–H and O–H groups in total. The fourth-order valence-electron chi connectivity index (χ4n) is 1.55. The molecule has 3 rings (SSSR count). The average Bonchev–Trinajstić information content (AvgIpc) is 2.86. The Kier molecular flexibility index (Phi) is 2.55. The summed E-state index contributed by atoms with van der Waals surface area (Å²) in [6.07, 6.45) is 5.02. The van der Waals surface area contributed by atoms with E-state index >= 15 is 0 Å². The van der Waals surface area contributed by atoms with Crippen molar-refractivity contribution in [2.24, 2.45) is 0 Å². The van der Waals surface area contributed by atoms with Crippen LogP contribution in [0.25, 0.3) is 21.6 Å². The third kappa shape index (κ3) is 1.90. The number of fused-ring (bicyclic) bond motifs is 1. The van der Waals surface area contributed by atoms with Gasteiger partial charge >= 0.3 is 0 Å². The third-order valence-electron chi connectivity index (χ3n) is 2.45. The fourth-order valence-corrected chi connectivity index (χ4v) is 2.33. The van der Waals surface area contributed by atoms with Gasteiger partial charge in [0.2, 0.25) is 0 Å². The van der Waals surface area contributed by atoms with Crippen LogP contribution < -0.4 is 0 Å². The Morgan fingerprint density at radius 2 is 1.94 bits per heavy atom. The number of nitrogens with zero attached hydrogens (tertiary/aromatic N) is 3. The van der Waals surface area contributed by atoms with Gasteiger partial charge in [-0.15, -0.1) is 11.3 Å². The van der Waals surface area contributed by atoms with Crippen LogP contribution >= 0.6 is 11.3 Å². The van der Waals surface area contributed by atoms with Crippen molar-refractivity contribution in [1.82, 2.24) is 15.0 Å². The molecule has 4 nitrogen and oxygen atoms in total. The number of aliphatic hydroxyl groups excluding tert-OH is 1. The van der Waals surface area contributed by atoms with Crippen LogP contribution in [0.4, 0.5) is 0 Å². The highest BCUT2D eigenvalue weighted by Crippen LogP contribution is 2.23. The van der Waals surface area contributed by atoms with Gasteiger partial charge in [0.15, 0.2) is 5.82 Å². The Labute approximate surface area is 102 Å². The van der Waals surface area contributed by atoms with E-state index in [0.717, 1.165) is 15.8 Å². The molecule has 0 fully saturated rings. The monoisotopic (exact) mass is 243 g/mol. The van der Waals surface area contributed by atoms with E-state index in [1.807, 2.05) is 17.5 Å². The van der Waals surface area contributed by atoms with Gasteiger partial charge < -0.3 is 5.11 Å². The maximum absolute atomic E-state index is 8.92. The number of hydrogen-bond acceptors (Lipinski definition) is 5. The number of rotatable bonds is 2. The van der Waals surface area contributed by atoms with Gasteiger partial charge in [-0.2, -0.15) is 0 Å². The van der Waals surface area contributed by atoms with Crippen LogP contribution in [0.5, 0.6) is 0 Å². The quantitative estimate of drug-likeness (QED) is 0.750. The fraction of sp³-hybridized carbons (Fsp3) is 0.0833. The Morgan fingerprint density at radius 3 is 2.71 bits per heavy atom. The van der Waals surface area contributed by atoms with Crippen molar-refractivity contribution >= 4 is 21.6 Å². The summed E-state index contributed by atoms with van der Waals surface area (Å²) < 4.78 is 1.12. The number of aliphatic hydroxyl groups is 1. The minimum atomic E-state index is -0.0392. The predicted octanol–water partition coefficient (Wildman–Crippen LogP) is 2.25. The zero-order valence-electron chi connectivity index (χ0n) is 8.87. The van der Waals surface area contributed by atoms with Gasteiger partial charge in [0.05, 0.1) is 16.8 Å². The van der Waals surface area contributed by atoms with E-state index in [-0.39, 0.29) is 6.61 Å². The molecule has 3 heterocycles. The molecule has 0 atom stereocenters. The lowest BCUT2D eigenvalue weighted by Gasteiger charge is -2.00. The number of aromatic nitrogens is 3. The van der Waals surface area contributed by atoms with Crippen LogP contribution in [0.3, 0.4) is 0 Å². The van der Waals surface area contributed by atoms with Crippen molar-refractivity contribution < 1.29 is 5.11 Å². The van der Waals surface area contributed by atoms with Crippen molar-refractivity contribution in [2.45, 2.75) is 6.61 Å².